The van der Waals surface area contributed by atoms with Crippen molar-refractivity contribution in [3.63, 3.8) is 0 Å². The summed E-state index contributed by atoms with van der Waals surface area (Å²) in [6, 6.07) is 13.4. The first-order chi connectivity index (χ1) is 14.6. The Morgan fingerprint density at radius 2 is 1.97 bits per heavy atom. The van der Waals surface area contributed by atoms with Crippen LogP contribution in [0.25, 0.3) is 5.82 Å². The van der Waals surface area contributed by atoms with E-state index in [1.807, 2.05) is 30.2 Å². The van der Waals surface area contributed by atoms with Crippen molar-refractivity contribution in [2.75, 3.05) is 5.75 Å². The first-order valence-electron chi connectivity index (χ1n) is 10.6. The van der Waals surface area contributed by atoms with Crippen LogP contribution in [0.5, 0.6) is 0 Å². The zero-order valence-electron chi connectivity index (χ0n) is 17.9. The molecule has 1 fully saturated rings. The van der Waals surface area contributed by atoms with Crippen LogP contribution < -0.4 is 0 Å². The zero-order valence-corrected chi connectivity index (χ0v) is 18.7. The molecule has 6 heteroatoms. The molecule has 1 saturated heterocycles. The molecule has 0 bridgehead atoms. The molecule has 0 unspecified atom stereocenters. The Hall–Kier alpha value is -2.60. The van der Waals surface area contributed by atoms with Gasteiger partial charge in [0.25, 0.3) is 0 Å². The van der Waals surface area contributed by atoms with Crippen LogP contribution in [0.15, 0.2) is 53.8 Å². The van der Waals surface area contributed by atoms with Crippen LogP contribution in [-0.2, 0) is 0 Å². The molecule has 0 saturated carbocycles. The van der Waals surface area contributed by atoms with Gasteiger partial charge in [0.1, 0.15) is 11.9 Å². The van der Waals surface area contributed by atoms with E-state index < -0.39 is 0 Å². The van der Waals surface area contributed by atoms with Gasteiger partial charge < -0.3 is 9.47 Å². The number of thioether (sulfide) groups is 1. The topological polar surface area (TPSA) is 46.3 Å². The van der Waals surface area contributed by atoms with Gasteiger partial charge in [-0.25, -0.2) is 4.98 Å². The number of rotatable bonds is 4. The fourth-order valence-corrected chi connectivity index (χ4v) is 6.06. The lowest BCUT2D eigenvalue weighted by atomic mass is 9.95. The van der Waals surface area contributed by atoms with E-state index in [4.69, 9.17) is 4.99 Å². The number of pyridine rings is 2. The zero-order chi connectivity index (χ0) is 20.8. The van der Waals surface area contributed by atoms with Crippen molar-refractivity contribution in [2.45, 2.75) is 52.2 Å². The first kappa shape index (κ1) is 19.4. The minimum absolute atomic E-state index is 0.0166. The molecule has 154 valence electrons. The number of fused-ring (bicyclic) bond motifs is 1. The second-order valence-electron chi connectivity index (χ2n) is 8.19. The number of aromatic nitrogens is 3. The Morgan fingerprint density at radius 3 is 2.67 bits per heavy atom. The van der Waals surface area contributed by atoms with E-state index in [9.17, 15) is 0 Å². The Labute approximate surface area is 182 Å². The van der Waals surface area contributed by atoms with Crippen LogP contribution in [0.2, 0.25) is 0 Å². The minimum Gasteiger partial charge on any atom is -0.338 e. The second kappa shape index (κ2) is 7.58. The minimum atomic E-state index is 0.0166. The summed E-state index contributed by atoms with van der Waals surface area (Å²) in [6.07, 6.45) is 4.93. The third kappa shape index (κ3) is 3.05. The number of hydrogen-bond donors (Lipinski definition) is 0. The van der Waals surface area contributed by atoms with Crippen molar-refractivity contribution in [1.29, 1.82) is 0 Å². The highest BCUT2D eigenvalue weighted by molar-refractivity contribution is 8.14. The Kier molecular flexibility index (Phi) is 4.89. The van der Waals surface area contributed by atoms with Gasteiger partial charge in [0.2, 0.25) is 0 Å². The van der Waals surface area contributed by atoms with Crippen molar-refractivity contribution >= 4 is 16.9 Å². The summed E-state index contributed by atoms with van der Waals surface area (Å²) in [5.41, 5.74) is 5.97. The van der Waals surface area contributed by atoms with Gasteiger partial charge in [0.15, 0.2) is 5.17 Å². The van der Waals surface area contributed by atoms with E-state index in [1.165, 1.54) is 27.7 Å². The molecule has 0 aliphatic carbocycles. The lowest BCUT2D eigenvalue weighted by molar-refractivity contribution is 0.254. The Balaban J connectivity index is 1.63. The van der Waals surface area contributed by atoms with Gasteiger partial charge in [0.05, 0.1) is 11.7 Å². The third-order valence-electron chi connectivity index (χ3n) is 6.24. The standard InChI is InChI=1S/C24H27N5S/c1-5-18-14-30-24-27-22(20-8-6-7-11-25-20)23(29(18)24)19-12-16(3)28(17(19)4)21-10-9-15(2)13-26-21/h6-13,18,22-23H,5,14H2,1-4H3/t18-,22-,23+/m0/s1. The van der Waals surface area contributed by atoms with E-state index in [2.05, 4.69) is 77.5 Å². The van der Waals surface area contributed by atoms with Crippen LogP contribution in [0.3, 0.4) is 0 Å². The van der Waals surface area contributed by atoms with Crippen LogP contribution in [-0.4, -0.2) is 36.4 Å². The van der Waals surface area contributed by atoms with Gasteiger partial charge in [-0.2, -0.15) is 0 Å². The number of amidine groups is 1. The highest BCUT2D eigenvalue weighted by Crippen LogP contribution is 2.49. The van der Waals surface area contributed by atoms with Crippen LogP contribution >= 0.6 is 11.8 Å². The molecule has 3 aromatic heterocycles. The van der Waals surface area contributed by atoms with Crippen molar-refractivity contribution in [3.8, 4) is 5.82 Å². The molecule has 3 atom stereocenters. The molecule has 5 heterocycles. The third-order valence-corrected chi connectivity index (χ3v) is 7.37. The molecule has 0 N–H and O–H groups in total. The predicted molar refractivity (Wildman–Crippen MR) is 123 cm³/mol. The van der Waals surface area contributed by atoms with Crippen molar-refractivity contribution in [3.05, 3.63) is 77.0 Å². The molecular weight excluding hydrogens is 390 g/mol. The van der Waals surface area contributed by atoms with Gasteiger partial charge in [-0.1, -0.05) is 30.8 Å². The monoisotopic (exact) mass is 417 g/mol. The summed E-state index contributed by atoms with van der Waals surface area (Å²) in [4.78, 5) is 17.1. The Morgan fingerprint density at radius 1 is 1.10 bits per heavy atom. The SMILES string of the molecule is CC[C@H]1CSC2=N[C@@H](c3ccccn3)[C@@H](c3cc(C)n(-c4ccc(C)cn4)c3C)N21. The molecule has 0 spiro atoms. The van der Waals surface area contributed by atoms with E-state index >= 15 is 0 Å². The maximum atomic E-state index is 5.16. The number of nitrogens with zero attached hydrogens (tertiary/aromatic N) is 5. The number of aliphatic imine (C=N–C) groups is 1. The van der Waals surface area contributed by atoms with Crippen LogP contribution in [0.4, 0.5) is 0 Å². The second-order valence-corrected chi connectivity index (χ2v) is 9.18. The quantitative estimate of drug-likeness (QED) is 0.587. The van der Waals surface area contributed by atoms with E-state index in [0.717, 1.165) is 23.7 Å². The molecule has 0 amide bonds. The van der Waals surface area contributed by atoms with Gasteiger partial charge in [-0.15, -0.1) is 0 Å². The predicted octanol–water partition coefficient (Wildman–Crippen LogP) is 5.17. The largest absolute Gasteiger partial charge is 0.338 e. The summed E-state index contributed by atoms with van der Waals surface area (Å²) in [7, 11) is 0. The van der Waals surface area contributed by atoms with Gasteiger partial charge in [-0.05, 0) is 62.6 Å². The average Bonchev–Trinajstić information content (AvgIpc) is 3.41. The maximum absolute atomic E-state index is 5.16. The molecule has 5 nitrogen and oxygen atoms in total. The van der Waals surface area contributed by atoms with Crippen molar-refractivity contribution in [1.82, 2.24) is 19.4 Å². The first-order valence-corrected chi connectivity index (χ1v) is 11.6. The molecule has 5 rings (SSSR count). The summed E-state index contributed by atoms with van der Waals surface area (Å²) >= 11 is 1.89. The summed E-state index contributed by atoms with van der Waals surface area (Å²) in [5.74, 6) is 2.08. The van der Waals surface area contributed by atoms with Crippen LogP contribution in [0, 0.1) is 20.8 Å². The molecule has 0 radical (unpaired) electrons. The smallest absolute Gasteiger partial charge is 0.160 e. The highest BCUT2D eigenvalue weighted by atomic mass is 32.2. The van der Waals surface area contributed by atoms with Crippen LogP contribution in [0.1, 0.15) is 53.6 Å². The molecule has 2 aliphatic heterocycles. The fraction of sp³-hybridized carbons (Fsp3) is 0.375. The maximum Gasteiger partial charge on any atom is 0.160 e. The average molecular weight is 418 g/mol. The molecule has 3 aromatic rings. The van der Waals surface area contributed by atoms with Gasteiger partial charge >= 0.3 is 0 Å². The molecular formula is C24H27N5S. The van der Waals surface area contributed by atoms with Gasteiger partial charge in [0, 0.05) is 35.6 Å². The fourth-order valence-electron chi connectivity index (χ4n) is 4.72. The van der Waals surface area contributed by atoms with Gasteiger partial charge in [-0.3, -0.25) is 9.98 Å². The molecule has 30 heavy (non-hydrogen) atoms. The molecule has 0 aromatic carbocycles. The lowest BCUT2D eigenvalue weighted by Gasteiger charge is -2.32. The van der Waals surface area contributed by atoms with Crippen molar-refractivity contribution < 1.29 is 0 Å². The van der Waals surface area contributed by atoms with Crippen molar-refractivity contribution in [2.24, 2.45) is 4.99 Å². The van der Waals surface area contributed by atoms with E-state index in [1.54, 1.807) is 0 Å². The summed E-state index contributed by atoms with van der Waals surface area (Å²) in [5, 5.41) is 1.17. The van der Waals surface area contributed by atoms with E-state index in [0.29, 0.717) is 6.04 Å². The summed E-state index contributed by atoms with van der Waals surface area (Å²) < 4.78 is 2.27. The highest BCUT2D eigenvalue weighted by Gasteiger charge is 2.46. The lowest BCUT2D eigenvalue weighted by Crippen LogP contribution is -2.35. The van der Waals surface area contributed by atoms with E-state index in [-0.39, 0.29) is 12.1 Å². The molecule has 2 aliphatic rings. The number of hydrogen-bond acceptors (Lipinski definition) is 5. The normalized spacial score (nSPS) is 23.0. The number of aryl methyl sites for hydroxylation is 2. The summed E-state index contributed by atoms with van der Waals surface area (Å²) in [6.45, 7) is 8.73. The Bertz CT molecular complexity index is 1090.